The van der Waals surface area contributed by atoms with Gasteiger partial charge in [-0.05, 0) is 24.6 Å². The minimum absolute atomic E-state index is 0.0266. The predicted molar refractivity (Wildman–Crippen MR) is 75.7 cm³/mol. The first kappa shape index (κ1) is 16.6. The van der Waals surface area contributed by atoms with E-state index in [1.54, 1.807) is 17.0 Å². The Morgan fingerprint density at radius 1 is 1.45 bits per heavy atom. The Morgan fingerprint density at radius 3 is 2.91 bits per heavy atom. The van der Waals surface area contributed by atoms with Crippen molar-refractivity contribution in [3.8, 4) is 5.75 Å². The fraction of sp³-hybridized carbons (Fsp3) is 0.533. The average molecular weight is 316 g/mol. The van der Waals surface area contributed by atoms with Crippen LogP contribution in [0.25, 0.3) is 0 Å². The third kappa shape index (κ3) is 5.22. The molecule has 7 heteroatoms. The zero-order chi connectivity index (χ0) is 16.2. The smallest absolute Gasteiger partial charge is 0.422 e. The molecule has 1 saturated heterocycles. The highest BCUT2D eigenvalue weighted by Crippen LogP contribution is 2.20. The lowest BCUT2D eigenvalue weighted by Crippen LogP contribution is -2.51. The third-order valence-corrected chi connectivity index (χ3v) is 3.38. The number of amides is 1. The number of benzene rings is 1. The largest absolute Gasteiger partial charge is 0.484 e. The van der Waals surface area contributed by atoms with E-state index in [1.165, 1.54) is 12.1 Å². The SMILES string of the molecule is C[C@@H]1CN(C(=O)Cc2cccc(OCC(F)(F)F)c2)CCN1. The van der Waals surface area contributed by atoms with E-state index in [-0.39, 0.29) is 24.1 Å². The molecule has 1 aromatic carbocycles. The highest BCUT2D eigenvalue weighted by Gasteiger charge is 2.28. The van der Waals surface area contributed by atoms with E-state index < -0.39 is 12.8 Å². The number of piperazine rings is 1. The number of carbonyl (C=O) groups excluding carboxylic acids is 1. The van der Waals surface area contributed by atoms with Crippen LogP contribution >= 0.6 is 0 Å². The summed E-state index contributed by atoms with van der Waals surface area (Å²) in [4.78, 5) is 14.0. The molecule has 1 aromatic rings. The van der Waals surface area contributed by atoms with Crippen LogP contribution in [0.15, 0.2) is 24.3 Å². The van der Waals surface area contributed by atoms with Crippen molar-refractivity contribution in [1.82, 2.24) is 10.2 Å². The first-order chi connectivity index (χ1) is 10.3. The normalized spacial score (nSPS) is 19.1. The molecule has 1 N–H and O–H groups in total. The lowest BCUT2D eigenvalue weighted by Gasteiger charge is -2.32. The van der Waals surface area contributed by atoms with E-state index in [4.69, 9.17) is 4.74 Å². The second-order valence-corrected chi connectivity index (χ2v) is 5.42. The van der Waals surface area contributed by atoms with Gasteiger partial charge in [0.2, 0.25) is 5.91 Å². The summed E-state index contributed by atoms with van der Waals surface area (Å²) in [5.74, 6) is 0.0950. The van der Waals surface area contributed by atoms with Crippen LogP contribution < -0.4 is 10.1 Å². The van der Waals surface area contributed by atoms with Gasteiger partial charge in [-0.15, -0.1) is 0 Å². The molecule has 1 aliphatic heterocycles. The quantitative estimate of drug-likeness (QED) is 0.924. The van der Waals surface area contributed by atoms with Crippen molar-refractivity contribution in [1.29, 1.82) is 0 Å². The molecule has 1 fully saturated rings. The van der Waals surface area contributed by atoms with Crippen LogP contribution in [0, 0.1) is 0 Å². The maximum atomic E-state index is 12.2. The Bertz CT molecular complexity index is 520. The van der Waals surface area contributed by atoms with E-state index in [1.807, 2.05) is 6.92 Å². The number of rotatable bonds is 4. The fourth-order valence-corrected chi connectivity index (χ4v) is 2.36. The summed E-state index contributed by atoms with van der Waals surface area (Å²) in [5.41, 5.74) is 0.649. The molecule has 2 rings (SSSR count). The van der Waals surface area contributed by atoms with Crippen LogP contribution in [0.5, 0.6) is 5.75 Å². The molecule has 122 valence electrons. The van der Waals surface area contributed by atoms with E-state index in [9.17, 15) is 18.0 Å². The van der Waals surface area contributed by atoms with Gasteiger partial charge < -0.3 is 15.0 Å². The molecule has 1 amide bonds. The van der Waals surface area contributed by atoms with E-state index in [2.05, 4.69) is 5.32 Å². The lowest BCUT2D eigenvalue weighted by molar-refractivity contribution is -0.153. The summed E-state index contributed by atoms with van der Waals surface area (Å²) in [7, 11) is 0. The zero-order valence-corrected chi connectivity index (χ0v) is 12.3. The second-order valence-electron chi connectivity index (χ2n) is 5.42. The first-order valence-electron chi connectivity index (χ1n) is 7.13. The molecule has 0 aromatic heterocycles. The number of halogens is 3. The molecular formula is C15H19F3N2O2. The van der Waals surface area contributed by atoms with Gasteiger partial charge in [-0.3, -0.25) is 4.79 Å². The zero-order valence-electron chi connectivity index (χ0n) is 12.3. The van der Waals surface area contributed by atoms with Gasteiger partial charge in [0.25, 0.3) is 0 Å². The Labute approximate surface area is 127 Å². The van der Waals surface area contributed by atoms with Crippen LogP contribution in [-0.2, 0) is 11.2 Å². The van der Waals surface area contributed by atoms with Gasteiger partial charge in [0.15, 0.2) is 6.61 Å². The number of ether oxygens (including phenoxy) is 1. The Balaban J connectivity index is 1.93. The molecule has 0 aliphatic carbocycles. The molecule has 1 aliphatic rings. The first-order valence-corrected chi connectivity index (χ1v) is 7.13. The number of nitrogens with zero attached hydrogens (tertiary/aromatic N) is 1. The standard InChI is InChI=1S/C15H19F3N2O2/c1-11-9-20(6-5-19-11)14(21)8-12-3-2-4-13(7-12)22-10-15(16,17)18/h2-4,7,11,19H,5-6,8-10H2,1H3/t11-/m1/s1. The molecule has 0 radical (unpaired) electrons. The number of nitrogens with one attached hydrogen (secondary N) is 1. The molecule has 4 nitrogen and oxygen atoms in total. The summed E-state index contributed by atoms with van der Waals surface area (Å²) in [6, 6.07) is 6.49. The van der Waals surface area contributed by atoms with Gasteiger partial charge in [0, 0.05) is 25.7 Å². The molecule has 0 unspecified atom stereocenters. The van der Waals surface area contributed by atoms with E-state index >= 15 is 0 Å². The van der Waals surface area contributed by atoms with Gasteiger partial charge in [-0.25, -0.2) is 0 Å². The molecule has 0 bridgehead atoms. The van der Waals surface area contributed by atoms with Gasteiger partial charge in [0.1, 0.15) is 5.75 Å². The number of carbonyl (C=O) groups is 1. The minimum atomic E-state index is -4.37. The van der Waals surface area contributed by atoms with Crippen molar-refractivity contribution in [3.63, 3.8) is 0 Å². The van der Waals surface area contributed by atoms with Crippen LogP contribution in [0.4, 0.5) is 13.2 Å². The summed E-state index contributed by atoms with van der Waals surface area (Å²) >= 11 is 0. The molecule has 1 heterocycles. The molecule has 0 spiro atoms. The van der Waals surface area contributed by atoms with Crippen molar-refractivity contribution in [2.24, 2.45) is 0 Å². The molecular weight excluding hydrogens is 297 g/mol. The van der Waals surface area contributed by atoms with Crippen molar-refractivity contribution in [3.05, 3.63) is 29.8 Å². The van der Waals surface area contributed by atoms with Crippen LogP contribution in [0.2, 0.25) is 0 Å². The van der Waals surface area contributed by atoms with Crippen molar-refractivity contribution in [2.75, 3.05) is 26.2 Å². The monoisotopic (exact) mass is 316 g/mol. The van der Waals surface area contributed by atoms with Crippen molar-refractivity contribution >= 4 is 5.91 Å². The second kappa shape index (κ2) is 7.00. The van der Waals surface area contributed by atoms with Gasteiger partial charge >= 0.3 is 6.18 Å². The van der Waals surface area contributed by atoms with Crippen LogP contribution in [0.1, 0.15) is 12.5 Å². The van der Waals surface area contributed by atoms with E-state index in [0.717, 1.165) is 6.54 Å². The maximum absolute atomic E-state index is 12.2. The van der Waals surface area contributed by atoms with Gasteiger partial charge in [-0.1, -0.05) is 12.1 Å². The highest BCUT2D eigenvalue weighted by atomic mass is 19.4. The lowest BCUT2D eigenvalue weighted by atomic mass is 10.1. The number of alkyl halides is 3. The topological polar surface area (TPSA) is 41.6 Å². The number of hydrogen-bond donors (Lipinski definition) is 1. The molecule has 1 atom stereocenters. The van der Waals surface area contributed by atoms with Gasteiger partial charge in [-0.2, -0.15) is 13.2 Å². The Morgan fingerprint density at radius 2 is 2.23 bits per heavy atom. The summed E-state index contributed by atoms with van der Waals surface area (Å²) in [6.45, 7) is 2.71. The maximum Gasteiger partial charge on any atom is 0.422 e. The number of hydrogen-bond acceptors (Lipinski definition) is 3. The molecule has 0 saturated carbocycles. The Hall–Kier alpha value is -1.76. The van der Waals surface area contributed by atoms with Crippen molar-refractivity contribution in [2.45, 2.75) is 25.6 Å². The predicted octanol–water partition coefficient (Wildman–Crippen LogP) is 1.99. The van der Waals surface area contributed by atoms with Crippen LogP contribution in [-0.4, -0.2) is 49.3 Å². The average Bonchev–Trinajstić information content (AvgIpc) is 2.45. The Kier molecular flexibility index (Phi) is 5.28. The van der Waals surface area contributed by atoms with Gasteiger partial charge in [0.05, 0.1) is 6.42 Å². The van der Waals surface area contributed by atoms with Crippen LogP contribution in [0.3, 0.4) is 0 Å². The third-order valence-electron chi connectivity index (χ3n) is 3.38. The van der Waals surface area contributed by atoms with Crippen molar-refractivity contribution < 1.29 is 22.7 Å². The fourth-order valence-electron chi connectivity index (χ4n) is 2.36. The summed E-state index contributed by atoms with van der Waals surface area (Å²) in [5, 5.41) is 3.25. The molecule has 22 heavy (non-hydrogen) atoms. The minimum Gasteiger partial charge on any atom is -0.484 e. The van der Waals surface area contributed by atoms with E-state index in [0.29, 0.717) is 18.7 Å². The summed E-state index contributed by atoms with van der Waals surface area (Å²) < 4.78 is 41.1. The highest BCUT2D eigenvalue weighted by molar-refractivity contribution is 5.79. The summed E-state index contributed by atoms with van der Waals surface area (Å²) in [6.07, 6.45) is -4.21.